The van der Waals surface area contributed by atoms with E-state index in [-0.39, 0.29) is 24.4 Å². The van der Waals surface area contributed by atoms with Crippen LogP contribution in [0, 0.1) is 0 Å². The van der Waals surface area contributed by atoms with Crippen LogP contribution in [0.1, 0.15) is 39.4 Å². The number of ether oxygens (including phenoxy) is 1. The molecule has 0 aliphatic rings. The summed E-state index contributed by atoms with van der Waals surface area (Å²) in [4.78, 5) is 38.9. The zero-order chi connectivity index (χ0) is 20.8. The maximum atomic E-state index is 12.7. The third kappa shape index (κ3) is 4.40. The molecule has 0 aliphatic carbocycles. The van der Waals surface area contributed by atoms with Crippen LogP contribution >= 0.6 is 0 Å². The number of carbonyl (C=O) groups excluding carboxylic acids is 2. The summed E-state index contributed by atoms with van der Waals surface area (Å²) in [5.41, 5.74) is -0.452. The molecule has 0 aliphatic heterocycles. The van der Waals surface area contributed by atoms with Crippen molar-refractivity contribution in [2.24, 2.45) is 0 Å². The summed E-state index contributed by atoms with van der Waals surface area (Å²) in [5, 5.41) is 13.1. The molecule has 0 spiro atoms. The lowest BCUT2D eigenvalue weighted by Gasteiger charge is -2.24. The van der Waals surface area contributed by atoms with Crippen molar-refractivity contribution in [2.75, 3.05) is 34.4 Å². The smallest absolute Gasteiger partial charge is 0.274 e. The Labute approximate surface area is 163 Å². The molecule has 0 saturated carbocycles. The Kier molecular flexibility index (Phi) is 6.94. The molecule has 0 radical (unpaired) electrons. The van der Waals surface area contributed by atoms with Crippen molar-refractivity contribution < 1.29 is 19.4 Å². The van der Waals surface area contributed by atoms with Gasteiger partial charge in [-0.1, -0.05) is 30.3 Å². The van der Waals surface area contributed by atoms with Crippen LogP contribution in [0.4, 0.5) is 0 Å². The number of aromatic nitrogens is 1. The summed E-state index contributed by atoms with van der Waals surface area (Å²) in [6.45, 7) is 2.31. The highest BCUT2D eigenvalue weighted by molar-refractivity contribution is 5.98. The Morgan fingerprint density at radius 1 is 1.25 bits per heavy atom. The second-order valence-corrected chi connectivity index (χ2v) is 6.51. The number of nitrogens with zero attached hydrogens (tertiary/aromatic N) is 2. The van der Waals surface area contributed by atoms with Gasteiger partial charge in [-0.15, -0.1) is 0 Å². The van der Waals surface area contributed by atoms with Gasteiger partial charge in [-0.25, -0.2) is 0 Å². The summed E-state index contributed by atoms with van der Waals surface area (Å²) in [6, 6.07) is 8.88. The highest BCUT2D eigenvalue weighted by Gasteiger charge is 2.27. The number of amides is 2. The number of hydrogen-bond acceptors (Lipinski definition) is 5. The molecule has 1 atom stereocenters. The minimum absolute atomic E-state index is 0.167. The van der Waals surface area contributed by atoms with E-state index < -0.39 is 29.0 Å². The number of methoxy groups -OCH3 is 1. The zero-order valence-corrected chi connectivity index (χ0v) is 16.4. The van der Waals surface area contributed by atoms with Gasteiger partial charge < -0.3 is 24.6 Å². The van der Waals surface area contributed by atoms with E-state index in [1.807, 2.05) is 37.3 Å². The average molecular weight is 387 g/mol. The van der Waals surface area contributed by atoms with Gasteiger partial charge in [0.1, 0.15) is 5.56 Å². The fourth-order valence-electron chi connectivity index (χ4n) is 2.76. The molecule has 150 valence electrons. The lowest BCUT2D eigenvalue weighted by Crippen LogP contribution is -2.35. The topological polar surface area (TPSA) is 101 Å². The number of rotatable bonds is 7. The molecule has 0 bridgehead atoms. The molecule has 28 heavy (non-hydrogen) atoms. The summed E-state index contributed by atoms with van der Waals surface area (Å²) in [7, 11) is 4.54. The van der Waals surface area contributed by atoms with Crippen molar-refractivity contribution in [3.8, 4) is 5.75 Å². The maximum Gasteiger partial charge on any atom is 0.274 e. The van der Waals surface area contributed by atoms with Crippen LogP contribution < -0.4 is 10.7 Å². The first kappa shape index (κ1) is 21.2. The Morgan fingerprint density at radius 2 is 1.89 bits per heavy atom. The van der Waals surface area contributed by atoms with E-state index in [0.717, 1.165) is 5.56 Å². The Hall–Kier alpha value is -3.13. The fourth-order valence-corrected chi connectivity index (χ4v) is 2.76. The SMILES string of the molecule is COCCNC(=O)c1cn(C(C)c2ccccc2)c(C(=O)N(C)C)c(O)c1=O. The molecule has 0 fully saturated rings. The van der Waals surface area contributed by atoms with E-state index in [4.69, 9.17) is 4.74 Å². The standard InChI is InChI=1S/C20H25N3O5/c1-13(14-8-6-5-7-9-14)23-12-15(19(26)21-10-11-28-4)17(24)18(25)16(23)20(27)22(2)3/h5-9,12-13,25H,10-11H2,1-4H3,(H,21,26). The first-order chi connectivity index (χ1) is 13.3. The molecule has 1 aromatic heterocycles. The van der Waals surface area contributed by atoms with Gasteiger partial charge in [0, 0.05) is 33.9 Å². The third-order valence-electron chi connectivity index (χ3n) is 4.35. The van der Waals surface area contributed by atoms with E-state index in [2.05, 4.69) is 5.32 Å². The van der Waals surface area contributed by atoms with Crippen molar-refractivity contribution >= 4 is 11.8 Å². The van der Waals surface area contributed by atoms with Gasteiger partial charge in [0.15, 0.2) is 11.4 Å². The van der Waals surface area contributed by atoms with E-state index >= 15 is 0 Å². The molecule has 1 aromatic carbocycles. The summed E-state index contributed by atoms with van der Waals surface area (Å²) < 4.78 is 6.34. The van der Waals surface area contributed by atoms with Crippen LogP contribution in [-0.4, -0.2) is 60.7 Å². The lowest BCUT2D eigenvalue weighted by molar-refractivity contribution is 0.0809. The average Bonchev–Trinajstić information content (AvgIpc) is 2.69. The number of pyridine rings is 1. The van der Waals surface area contributed by atoms with Crippen LogP contribution in [-0.2, 0) is 4.74 Å². The van der Waals surface area contributed by atoms with Crippen LogP contribution in [0.15, 0.2) is 41.3 Å². The predicted molar refractivity (Wildman–Crippen MR) is 105 cm³/mol. The van der Waals surface area contributed by atoms with E-state index in [0.29, 0.717) is 0 Å². The molecule has 0 saturated heterocycles. The molecule has 1 heterocycles. The molecule has 8 heteroatoms. The Morgan fingerprint density at radius 3 is 2.46 bits per heavy atom. The number of nitrogens with one attached hydrogen (secondary N) is 1. The van der Waals surface area contributed by atoms with Crippen molar-refractivity contribution in [3.63, 3.8) is 0 Å². The Balaban J connectivity index is 2.63. The zero-order valence-electron chi connectivity index (χ0n) is 16.4. The van der Waals surface area contributed by atoms with Crippen molar-refractivity contribution in [1.29, 1.82) is 0 Å². The molecule has 2 N–H and O–H groups in total. The molecule has 2 rings (SSSR count). The van der Waals surface area contributed by atoms with Gasteiger partial charge in [-0.3, -0.25) is 14.4 Å². The minimum Gasteiger partial charge on any atom is -0.503 e. The number of carbonyl (C=O) groups is 2. The summed E-state index contributed by atoms with van der Waals surface area (Å²) in [6.07, 6.45) is 1.32. The molecular weight excluding hydrogens is 362 g/mol. The highest BCUT2D eigenvalue weighted by atomic mass is 16.5. The first-order valence-electron chi connectivity index (χ1n) is 8.81. The normalized spacial score (nSPS) is 11.7. The highest BCUT2D eigenvalue weighted by Crippen LogP contribution is 2.24. The van der Waals surface area contributed by atoms with Crippen molar-refractivity contribution in [1.82, 2.24) is 14.8 Å². The lowest BCUT2D eigenvalue weighted by atomic mass is 10.1. The third-order valence-corrected chi connectivity index (χ3v) is 4.35. The van der Waals surface area contributed by atoms with E-state index in [9.17, 15) is 19.5 Å². The second kappa shape index (κ2) is 9.18. The molecular formula is C20H25N3O5. The van der Waals surface area contributed by atoms with E-state index in [1.54, 1.807) is 0 Å². The van der Waals surface area contributed by atoms with Gasteiger partial charge in [-0.2, -0.15) is 0 Å². The van der Waals surface area contributed by atoms with Crippen molar-refractivity contribution in [3.05, 3.63) is 63.6 Å². The molecule has 2 aromatic rings. The van der Waals surface area contributed by atoms with Gasteiger partial charge >= 0.3 is 0 Å². The van der Waals surface area contributed by atoms with Gasteiger partial charge in [0.25, 0.3) is 11.8 Å². The quantitative estimate of drug-likeness (QED) is 0.696. The number of aromatic hydroxyl groups is 1. The Bertz CT molecular complexity index is 906. The monoisotopic (exact) mass is 387 g/mol. The van der Waals surface area contributed by atoms with Crippen molar-refractivity contribution in [2.45, 2.75) is 13.0 Å². The van der Waals surface area contributed by atoms with Crippen LogP contribution in [0.5, 0.6) is 5.75 Å². The molecule has 2 amide bonds. The summed E-state index contributed by atoms with van der Waals surface area (Å²) >= 11 is 0. The second-order valence-electron chi connectivity index (χ2n) is 6.51. The number of hydrogen-bond donors (Lipinski definition) is 2. The van der Waals surface area contributed by atoms with Gasteiger partial charge in [-0.05, 0) is 12.5 Å². The minimum atomic E-state index is -0.892. The van der Waals surface area contributed by atoms with Crippen LogP contribution in [0.25, 0.3) is 0 Å². The fraction of sp³-hybridized carbons (Fsp3) is 0.350. The number of benzene rings is 1. The largest absolute Gasteiger partial charge is 0.503 e. The van der Waals surface area contributed by atoms with E-state index in [1.165, 1.54) is 36.9 Å². The predicted octanol–water partition coefficient (Wildman–Crippen LogP) is 1.24. The first-order valence-corrected chi connectivity index (χ1v) is 8.81. The van der Waals surface area contributed by atoms with Gasteiger partial charge in [0.05, 0.1) is 12.6 Å². The molecule has 8 nitrogen and oxygen atoms in total. The molecule has 1 unspecified atom stereocenters. The van der Waals surface area contributed by atoms with Crippen LogP contribution in [0.2, 0.25) is 0 Å². The maximum absolute atomic E-state index is 12.7. The van der Waals surface area contributed by atoms with Crippen LogP contribution in [0.3, 0.4) is 0 Å². The van der Waals surface area contributed by atoms with Gasteiger partial charge in [0.2, 0.25) is 5.43 Å². The summed E-state index contributed by atoms with van der Waals surface area (Å²) in [5.74, 6) is -1.93.